The molecule has 2 aliphatic heterocycles. The van der Waals surface area contributed by atoms with Gasteiger partial charge >= 0.3 is 0 Å². The van der Waals surface area contributed by atoms with Crippen LogP contribution in [0.5, 0.6) is 0 Å². The summed E-state index contributed by atoms with van der Waals surface area (Å²) in [6.07, 6.45) is 1.46. The molecule has 0 aromatic heterocycles. The van der Waals surface area contributed by atoms with E-state index >= 15 is 0 Å². The van der Waals surface area contributed by atoms with E-state index in [1.54, 1.807) is 18.2 Å². The summed E-state index contributed by atoms with van der Waals surface area (Å²) in [5.74, 6) is -0.422. The van der Waals surface area contributed by atoms with Crippen molar-refractivity contribution in [1.82, 2.24) is 10.2 Å². The lowest BCUT2D eigenvalue weighted by Crippen LogP contribution is -2.63. The van der Waals surface area contributed by atoms with Crippen molar-refractivity contribution in [2.45, 2.75) is 57.7 Å². The van der Waals surface area contributed by atoms with E-state index < -0.39 is 0 Å². The molecule has 0 unspecified atom stereocenters. The van der Waals surface area contributed by atoms with Crippen LogP contribution >= 0.6 is 0 Å². The molecule has 2 heterocycles. The van der Waals surface area contributed by atoms with Crippen molar-refractivity contribution >= 4 is 28.3 Å². The Balaban J connectivity index is 1.85. The van der Waals surface area contributed by atoms with Crippen LogP contribution in [0.2, 0.25) is 0 Å². The van der Waals surface area contributed by atoms with Gasteiger partial charge in [0, 0.05) is 44.7 Å². The second-order valence-electron chi connectivity index (χ2n) is 8.87. The summed E-state index contributed by atoms with van der Waals surface area (Å²) in [4.78, 5) is 28.1. The van der Waals surface area contributed by atoms with Crippen molar-refractivity contribution < 1.29 is 9.59 Å². The smallest absolute Gasteiger partial charge is 0.261 e. The number of carbonyl (C=O) groups excluding carboxylic acids is 2. The van der Waals surface area contributed by atoms with E-state index in [9.17, 15) is 9.59 Å². The van der Waals surface area contributed by atoms with E-state index in [4.69, 9.17) is 5.73 Å². The van der Waals surface area contributed by atoms with Crippen LogP contribution in [0.1, 0.15) is 61.3 Å². The number of nitrogens with one attached hydrogen (secondary N) is 1. The fourth-order valence-corrected chi connectivity index (χ4v) is 4.92. The number of benzene rings is 2. The van der Waals surface area contributed by atoms with E-state index in [-0.39, 0.29) is 28.9 Å². The zero-order valence-electron chi connectivity index (χ0n) is 15.7. The lowest BCUT2D eigenvalue weighted by atomic mass is 9.78. The number of hydrogen-bond donors (Lipinski definition) is 2. The second kappa shape index (κ2) is 5.30. The number of nitrogens with zero attached hydrogens (tertiary/aromatic N) is 1. The Labute approximate surface area is 153 Å². The minimum atomic E-state index is -0.211. The molecule has 0 bridgehead atoms. The molecule has 136 valence electrons. The molecular weight excluding hydrogens is 326 g/mol. The van der Waals surface area contributed by atoms with Crippen LogP contribution in [0, 0.1) is 0 Å². The van der Waals surface area contributed by atoms with Gasteiger partial charge in [0.2, 0.25) is 0 Å². The van der Waals surface area contributed by atoms with Crippen LogP contribution in [-0.4, -0.2) is 33.8 Å². The Hall–Kier alpha value is -2.40. The summed E-state index contributed by atoms with van der Waals surface area (Å²) in [5, 5.41) is 5.07. The van der Waals surface area contributed by atoms with Crippen molar-refractivity contribution in [1.29, 1.82) is 0 Å². The molecule has 2 aliphatic rings. The number of hydrogen-bond acceptors (Lipinski definition) is 4. The first kappa shape index (κ1) is 17.0. The highest BCUT2D eigenvalue weighted by molar-refractivity contribution is 6.26. The molecule has 0 radical (unpaired) electrons. The van der Waals surface area contributed by atoms with E-state index in [1.807, 2.05) is 12.1 Å². The monoisotopic (exact) mass is 351 g/mol. The molecule has 1 saturated heterocycles. The fourth-order valence-electron chi connectivity index (χ4n) is 4.92. The third-order valence-corrected chi connectivity index (χ3v) is 5.51. The molecule has 1 fully saturated rings. The van der Waals surface area contributed by atoms with Crippen LogP contribution in [0.4, 0.5) is 5.69 Å². The van der Waals surface area contributed by atoms with Gasteiger partial charge in [-0.25, -0.2) is 0 Å². The van der Waals surface area contributed by atoms with Gasteiger partial charge in [0.05, 0.1) is 0 Å². The maximum absolute atomic E-state index is 13.3. The standard InChI is InChI=1S/C21H25N3O2/c1-20(2)10-12(11-21(3,4)23-20)24-18(25)14-7-5-6-13-16(22)9-8-15(17(13)14)19(24)26/h5-9,12,23H,10-11,22H2,1-4H3. The number of amides is 2. The van der Waals surface area contributed by atoms with Crippen LogP contribution in [0.15, 0.2) is 30.3 Å². The van der Waals surface area contributed by atoms with Crippen molar-refractivity contribution in [3.63, 3.8) is 0 Å². The molecule has 2 aromatic carbocycles. The van der Waals surface area contributed by atoms with E-state index in [2.05, 4.69) is 33.0 Å². The van der Waals surface area contributed by atoms with Crippen LogP contribution in [0.3, 0.4) is 0 Å². The van der Waals surface area contributed by atoms with Crippen molar-refractivity contribution in [2.24, 2.45) is 0 Å². The van der Waals surface area contributed by atoms with Gasteiger partial charge in [0.15, 0.2) is 0 Å². The maximum Gasteiger partial charge on any atom is 0.261 e. The lowest BCUT2D eigenvalue weighted by molar-refractivity contribution is 0.0370. The third-order valence-electron chi connectivity index (χ3n) is 5.51. The van der Waals surface area contributed by atoms with Gasteiger partial charge in [-0.3, -0.25) is 14.5 Å². The Morgan fingerprint density at radius 1 is 0.962 bits per heavy atom. The first-order valence-electron chi connectivity index (χ1n) is 9.08. The van der Waals surface area contributed by atoms with Gasteiger partial charge in [-0.05, 0) is 58.7 Å². The Bertz CT molecular complexity index is 907. The third kappa shape index (κ3) is 2.50. The number of piperidine rings is 1. The zero-order valence-corrected chi connectivity index (χ0v) is 15.7. The lowest BCUT2D eigenvalue weighted by Gasteiger charge is -2.49. The minimum absolute atomic E-state index is 0.137. The molecule has 5 nitrogen and oxygen atoms in total. The molecule has 2 amide bonds. The topological polar surface area (TPSA) is 75.4 Å². The van der Waals surface area contributed by atoms with Crippen molar-refractivity contribution in [3.05, 3.63) is 41.5 Å². The maximum atomic E-state index is 13.3. The first-order valence-corrected chi connectivity index (χ1v) is 9.08. The number of nitrogens with two attached hydrogens (primary N) is 1. The first-order chi connectivity index (χ1) is 12.1. The largest absolute Gasteiger partial charge is 0.398 e. The van der Waals surface area contributed by atoms with E-state index in [1.165, 1.54) is 4.90 Å². The summed E-state index contributed by atoms with van der Waals surface area (Å²) in [5.41, 5.74) is 7.49. The second-order valence-corrected chi connectivity index (χ2v) is 8.87. The fraction of sp³-hybridized carbons (Fsp3) is 0.429. The number of rotatable bonds is 1. The molecule has 0 spiro atoms. The quantitative estimate of drug-likeness (QED) is 0.610. The van der Waals surface area contributed by atoms with Crippen LogP contribution in [-0.2, 0) is 0 Å². The zero-order chi connectivity index (χ0) is 18.9. The number of nitrogen functional groups attached to an aromatic ring is 1. The molecule has 0 saturated carbocycles. The predicted molar refractivity (Wildman–Crippen MR) is 103 cm³/mol. The number of carbonyl (C=O) groups is 2. The van der Waals surface area contributed by atoms with Gasteiger partial charge in [-0.15, -0.1) is 0 Å². The van der Waals surface area contributed by atoms with Crippen LogP contribution in [0.25, 0.3) is 10.8 Å². The summed E-state index contributed by atoms with van der Waals surface area (Å²) >= 11 is 0. The van der Waals surface area contributed by atoms with Gasteiger partial charge in [-0.1, -0.05) is 12.1 Å². The van der Waals surface area contributed by atoms with Gasteiger partial charge in [0.25, 0.3) is 11.8 Å². The molecule has 0 aliphatic carbocycles. The normalized spacial score (nSPS) is 22.1. The Morgan fingerprint density at radius 2 is 1.54 bits per heavy atom. The average molecular weight is 351 g/mol. The minimum Gasteiger partial charge on any atom is -0.398 e. The highest BCUT2D eigenvalue weighted by atomic mass is 16.2. The van der Waals surface area contributed by atoms with Crippen LogP contribution < -0.4 is 11.1 Å². The molecule has 3 N–H and O–H groups in total. The number of imide groups is 1. The number of anilines is 1. The summed E-state index contributed by atoms with van der Waals surface area (Å²) in [6, 6.07) is 8.86. The molecule has 5 heteroatoms. The highest BCUT2D eigenvalue weighted by Gasteiger charge is 2.45. The van der Waals surface area contributed by atoms with Crippen molar-refractivity contribution in [2.75, 3.05) is 5.73 Å². The summed E-state index contributed by atoms with van der Waals surface area (Å²) in [7, 11) is 0. The summed E-state index contributed by atoms with van der Waals surface area (Å²) in [6.45, 7) is 8.48. The van der Waals surface area contributed by atoms with Crippen molar-refractivity contribution in [3.8, 4) is 0 Å². The van der Waals surface area contributed by atoms with E-state index in [0.717, 1.165) is 18.2 Å². The van der Waals surface area contributed by atoms with E-state index in [0.29, 0.717) is 22.2 Å². The highest BCUT2D eigenvalue weighted by Crippen LogP contribution is 2.38. The van der Waals surface area contributed by atoms with Gasteiger partial charge < -0.3 is 11.1 Å². The molecule has 4 rings (SSSR count). The summed E-state index contributed by atoms with van der Waals surface area (Å²) < 4.78 is 0. The Kier molecular flexibility index (Phi) is 3.47. The van der Waals surface area contributed by atoms with Gasteiger partial charge in [0.1, 0.15) is 0 Å². The SMILES string of the molecule is CC1(C)CC(N2C(=O)c3cccc4c(N)ccc(c34)C2=O)CC(C)(C)N1. The predicted octanol–water partition coefficient (Wildman–Crippen LogP) is 3.33. The van der Waals surface area contributed by atoms with Gasteiger partial charge in [-0.2, -0.15) is 0 Å². The molecule has 26 heavy (non-hydrogen) atoms. The average Bonchev–Trinajstić information content (AvgIpc) is 2.51. The molecule has 0 atom stereocenters. The Morgan fingerprint density at radius 3 is 2.15 bits per heavy atom. The molecule has 2 aromatic rings. The molecular formula is C21H25N3O2.